The fraction of sp³-hybridized carbons (Fsp3) is 0.833. The van der Waals surface area contributed by atoms with Crippen LogP contribution in [0.4, 0.5) is 0 Å². The molecule has 0 aliphatic heterocycles. The first-order valence-corrected chi connectivity index (χ1v) is 5.89. The summed E-state index contributed by atoms with van der Waals surface area (Å²) in [4.78, 5) is 2.54. The molecule has 1 N–H and O–H groups in total. The van der Waals surface area contributed by atoms with Crippen LogP contribution in [0.25, 0.3) is 0 Å². The van der Waals surface area contributed by atoms with E-state index in [4.69, 9.17) is 0 Å². The largest absolute Gasteiger partial charge is 0.317 e. The summed E-state index contributed by atoms with van der Waals surface area (Å²) in [6.07, 6.45) is 4.79. The third-order valence-corrected chi connectivity index (χ3v) is 3.27. The fourth-order valence-electron chi connectivity index (χ4n) is 2.26. The average Bonchev–Trinajstić information content (AvgIpc) is 2.16. The number of likely N-dealkylation sites (N-methyl/N-ethyl adjacent to an activating group) is 1. The predicted molar refractivity (Wildman–Crippen MR) is 62.5 cm³/mol. The first-order chi connectivity index (χ1) is 6.83. The van der Waals surface area contributed by atoms with Crippen LogP contribution in [-0.2, 0) is 0 Å². The van der Waals surface area contributed by atoms with Gasteiger partial charge < -0.3 is 5.32 Å². The van der Waals surface area contributed by atoms with Crippen molar-refractivity contribution in [2.75, 3.05) is 26.2 Å². The van der Waals surface area contributed by atoms with Crippen LogP contribution < -0.4 is 5.32 Å². The summed E-state index contributed by atoms with van der Waals surface area (Å²) in [6.45, 7) is 12.7. The van der Waals surface area contributed by atoms with Gasteiger partial charge in [-0.05, 0) is 38.4 Å². The molecule has 0 aromatic carbocycles. The van der Waals surface area contributed by atoms with E-state index in [0.29, 0.717) is 0 Å². The molecule has 2 heteroatoms. The number of nitrogens with one attached hydrogen (secondary N) is 1. The van der Waals surface area contributed by atoms with Crippen molar-refractivity contribution in [3.8, 4) is 0 Å². The lowest BCUT2D eigenvalue weighted by atomic mass is 9.78. The Labute approximate surface area is 88.4 Å². The van der Waals surface area contributed by atoms with Crippen molar-refractivity contribution in [3.05, 3.63) is 12.7 Å². The molecular weight excluding hydrogens is 172 g/mol. The minimum atomic E-state index is 0.803. The van der Waals surface area contributed by atoms with E-state index in [1.54, 1.807) is 0 Å². The zero-order valence-corrected chi connectivity index (χ0v) is 9.63. The van der Waals surface area contributed by atoms with Gasteiger partial charge in [0.05, 0.1) is 0 Å². The summed E-state index contributed by atoms with van der Waals surface area (Å²) in [5.74, 6) is 0.870. The summed E-state index contributed by atoms with van der Waals surface area (Å²) in [7, 11) is 0. The van der Waals surface area contributed by atoms with Gasteiger partial charge in [0.1, 0.15) is 0 Å². The average molecular weight is 196 g/mol. The Morgan fingerprint density at radius 2 is 2.21 bits per heavy atom. The van der Waals surface area contributed by atoms with Gasteiger partial charge in [0, 0.05) is 12.6 Å². The van der Waals surface area contributed by atoms with Gasteiger partial charge >= 0.3 is 0 Å². The van der Waals surface area contributed by atoms with Crippen molar-refractivity contribution < 1.29 is 0 Å². The van der Waals surface area contributed by atoms with Crippen LogP contribution in [0.1, 0.15) is 26.7 Å². The van der Waals surface area contributed by atoms with Gasteiger partial charge in [-0.15, -0.1) is 6.58 Å². The molecule has 82 valence electrons. The molecule has 0 saturated heterocycles. The van der Waals surface area contributed by atoms with Gasteiger partial charge in [-0.2, -0.15) is 0 Å². The van der Waals surface area contributed by atoms with E-state index in [9.17, 15) is 0 Å². The van der Waals surface area contributed by atoms with Crippen molar-refractivity contribution in [1.82, 2.24) is 10.2 Å². The maximum absolute atomic E-state index is 3.82. The topological polar surface area (TPSA) is 15.3 Å². The molecule has 1 rings (SSSR count). The van der Waals surface area contributed by atoms with Crippen LogP contribution in [0.5, 0.6) is 0 Å². The van der Waals surface area contributed by atoms with Gasteiger partial charge in [-0.1, -0.05) is 19.9 Å². The molecule has 0 heterocycles. The van der Waals surface area contributed by atoms with Gasteiger partial charge in [0.25, 0.3) is 0 Å². The summed E-state index contributed by atoms with van der Waals surface area (Å²) >= 11 is 0. The highest BCUT2D eigenvalue weighted by atomic mass is 15.2. The van der Waals surface area contributed by atoms with Crippen LogP contribution in [-0.4, -0.2) is 37.1 Å². The van der Waals surface area contributed by atoms with Gasteiger partial charge in [0.15, 0.2) is 0 Å². The highest BCUT2D eigenvalue weighted by Crippen LogP contribution is 2.31. The normalized spacial score (nSPS) is 26.2. The Hall–Kier alpha value is -0.340. The monoisotopic (exact) mass is 196 g/mol. The molecule has 1 saturated carbocycles. The van der Waals surface area contributed by atoms with Crippen molar-refractivity contribution >= 4 is 0 Å². The molecule has 1 fully saturated rings. The molecule has 1 aliphatic carbocycles. The van der Waals surface area contributed by atoms with Gasteiger partial charge in [-0.25, -0.2) is 0 Å². The molecule has 1 aliphatic rings. The molecule has 0 aromatic rings. The molecule has 0 spiro atoms. The summed E-state index contributed by atoms with van der Waals surface area (Å²) < 4.78 is 0. The highest BCUT2D eigenvalue weighted by Gasteiger charge is 2.33. The lowest BCUT2D eigenvalue weighted by Crippen LogP contribution is -2.50. The summed E-state index contributed by atoms with van der Waals surface area (Å²) in [5.41, 5.74) is 0. The number of nitrogens with zero attached hydrogens (tertiary/aromatic N) is 1. The SMILES string of the molecule is C=CCN(CC)C1CCC1CNCC. The molecule has 14 heavy (non-hydrogen) atoms. The second-order valence-corrected chi connectivity index (χ2v) is 4.09. The molecule has 2 atom stereocenters. The van der Waals surface area contributed by atoms with E-state index in [1.165, 1.54) is 19.4 Å². The maximum atomic E-state index is 3.82. The Morgan fingerprint density at radius 1 is 1.43 bits per heavy atom. The van der Waals surface area contributed by atoms with Crippen molar-refractivity contribution in [2.24, 2.45) is 5.92 Å². The third kappa shape index (κ3) is 2.82. The van der Waals surface area contributed by atoms with Crippen LogP contribution >= 0.6 is 0 Å². The minimum Gasteiger partial charge on any atom is -0.317 e. The second kappa shape index (κ2) is 6.20. The maximum Gasteiger partial charge on any atom is 0.0163 e. The van der Waals surface area contributed by atoms with Crippen molar-refractivity contribution in [1.29, 1.82) is 0 Å². The quantitative estimate of drug-likeness (QED) is 0.625. The first-order valence-electron chi connectivity index (χ1n) is 5.89. The molecule has 2 unspecified atom stereocenters. The van der Waals surface area contributed by atoms with Gasteiger partial charge in [0.2, 0.25) is 0 Å². The predicted octanol–water partition coefficient (Wildman–Crippen LogP) is 1.88. The zero-order chi connectivity index (χ0) is 10.4. The molecular formula is C12H24N2. The fourth-order valence-corrected chi connectivity index (χ4v) is 2.26. The lowest BCUT2D eigenvalue weighted by molar-refractivity contribution is 0.0763. The molecule has 0 amide bonds. The van der Waals surface area contributed by atoms with Gasteiger partial charge in [-0.3, -0.25) is 4.90 Å². The van der Waals surface area contributed by atoms with Crippen molar-refractivity contribution in [2.45, 2.75) is 32.7 Å². The van der Waals surface area contributed by atoms with E-state index < -0.39 is 0 Å². The van der Waals surface area contributed by atoms with Crippen molar-refractivity contribution in [3.63, 3.8) is 0 Å². The number of hydrogen-bond donors (Lipinski definition) is 1. The van der Waals surface area contributed by atoms with E-state index >= 15 is 0 Å². The van der Waals surface area contributed by atoms with Crippen LogP contribution in [0, 0.1) is 5.92 Å². The summed E-state index contributed by atoms with van der Waals surface area (Å²) in [5, 5.41) is 3.45. The highest BCUT2D eigenvalue weighted by molar-refractivity contribution is 4.91. The Bertz CT molecular complexity index is 168. The van der Waals surface area contributed by atoms with Crippen LogP contribution in [0.2, 0.25) is 0 Å². The Kier molecular flexibility index (Phi) is 5.20. The van der Waals surface area contributed by atoms with Crippen LogP contribution in [0.3, 0.4) is 0 Å². The minimum absolute atomic E-state index is 0.803. The zero-order valence-electron chi connectivity index (χ0n) is 9.63. The number of hydrogen-bond acceptors (Lipinski definition) is 2. The smallest absolute Gasteiger partial charge is 0.0163 e. The Morgan fingerprint density at radius 3 is 2.64 bits per heavy atom. The standard InChI is InChI=1S/C12H24N2/c1-4-9-14(6-3)12-8-7-11(12)10-13-5-2/h4,11-13H,1,5-10H2,2-3H3. The Balaban J connectivity index is 2.31. The third-order valence-electron chi connectivity index (χ3n) is 3.27. The summed E-state index contributed by atoms with van der Waals surface area (Å²) in [6, 6.07) is 0.803. The molecule has 0 radical (unpaired) electrons. The van der Waals surface area contributed by atoms with E-state index in [2.05, 4.69) is 30.6 Å². The van der Waals surface area contributed by atoms with E-state index in [-0.39, 0.29) is 0 Å². The van der Waals surface area contributed by atoms with E-state index in [0.717, 1.165) is 31.6 Å². The van der Waals surface area contributed by atoms with Crippen LogP contribution in [0.15, 0.2) is 12.7 Å². The number of rotatable bonds is 7. The van der Waals surface area contributed by atoms with E-state index in [1.807, 2.05) is 6.08 Å². The second-order valence-electron chi connectivity index (χ2n) is 4.09. The lowest BCUT2D eigenvalue weighted by Gasteiger charge is -2.44. The molecule has 0 bridgehead atoms. The first kappa shape index (κ1) is 11.7. The molecule has 0 aromatic heterocycles. The molecule has 2 nitrogen and oxygen atoms in total.